The molecular weight excluding hydrogens is 448 g/mol. The van der Waals surface area contributed by atoms with Gasteiger partial charge in [0.2, 0.25) is 11.8 Å². The third kappa shape index (κ3) is 3.66. The summed E-state index contributed by atoms with van der Waals surface area (Å²) in [7, 11) is -3.01. The summed E-state index contributed by atoms with van der Waals surface area (Å²) in [5, 5.41) is 0.437. The van der Waals surface area contributed by atoms with Crippen LogP contribution in [0.25, 0.3) is 22.1 Å². The number of methoxy groups -OCH3 is 1. The average molecular weight is 463 g/mol. The number of carbonyl (C=O) groups excluding carboxylic acids is 1. The molecule has 0 bridgehead atoms. The molecule has 3 aromatic heterocycles. The lowest BCUT2D eigenvalue weighted by molar-refractivity contribution is -0.117. The van der Waals surface area contributed by atoms with Gasteiger partial charge in [-0.15, -0.1) is 0 Å². The number of benzene rings is 1. The van der Waals surface area contributed by atoms with E-state index in [2.05, 4.69) is 15.0 Å². The van der Waals surface area contributed by atoms with Crippen molar-refractivity contribution in [2.45, 2.75) is 18.4 Å². The number of pyridine rings is 2. The van der Waals surface area contributed by atoms with Crippen molar-refractivity contribution in [3.63, 3.8) is 0 Å². The SMILES string of the molecule is COc1ccc2c(ncc3[nH]c(=O)n(Cc4c(F)cc(S(=O)(=O)NC(C)=O)cc4F)c32)n1. The van der Waals surface area contributed by atoms with Crippen LogP contribution in [0.3, 0.4) is 0 Å². The number of carbonyl (C=O) groups is 1. The predicted octanol–water partition coefficient (Wildman–Crippen LogP) is 1.43. The number of imidazole rings is 1. The molecule has 0 aliphatic heterocycles. The van der Waals surface area contributed by atoms with E-state index >= 15 is 0 Å². The second kappa shape index (κ2) is 7.67. The number of hydrogen-bond acceptors (Lipinski definition) is 7. The van der Waals surface area contributed by atoms with Crippen LogP contribution in [0, 0.1) is 11.6 Å². The molecule has 0 atom stereocenters. The molecule has 166 valence electrons. The van der Waals surface area contributed by atoms with Gasteiger partial charge in [0.15, 0.2) is 5.65 Å². The van der Waals surface area contributed by atoms with Gasteiger partial charge in [-0.3, -0.25) is 9.36 Å². The Morgan fingerprint density at radius 1 is 1.25 bits per heavy atom. The van der Waals surface area contributed by atoms with Crippen molar-refractivity contribution in [2.75, 3.05) is 7.11 Å². The molecule has 10 nitrogen and oxygen atoms in total. The number of ether oxygens (including phenoxy) is 1. The van der Waals surface area contributed by atoms with Crippen molar-refractivity contribution in [2.24, 2.45) is 0 Å². The van der Waals surface area contributed by atoms with E-state index in [9.17, 15) is 26.8 Å². The topological polar surface area (TPSA) is 136 Å². The molecule has 1 amide bonds. The lowest BCUT2D eigenvalue weighted by Gasteiger charge is -2.11. The first-order valence-electron chi connectivity index (χ1n) is 9.04. The number of halogens is 2. The highest BCUT2D eigenvalue weighted by Crippen LogP contribution is 2.25. The van der Waals surface area contributed by atoms with Crippen LogP contribution < -0.4 is 15.1 Å². The zero-order valence-corrected chi connectivity index (χ0v) is 17.5. The fourth-order valence-corrected chi connectivity index (χ4v) is 4.28. The van der Waals surface area contributed by atoms with Crippen LogP contribution in [0.1, 0.15) is 12.5 Å². The largest absolute Gasteiger partial charge is 0.481 e. The van der Waals surface area contributed by atoms with E-state index in [0.29, 0.717) is 34.4 Å². The number of fused-ring (bicyclic) bond motifs is 3. The Kier molecular flexibility index (Phi) is 5.12. The van der Waals surface area contributed by atoms with Crippen molar-refractivity contribution in [1.29, 1.82) is 0 Å². The predicted molar refractivity (Wildman–Crippen MR) is 109 cm³/mol. The molecule has 0 aliphatic carbocycles. The van der Waals surface area contributed by atoms with Crippen LogP contribution >= 0.6 is 0 Å². The van der Waals surface area contributed by atoms with E-state index in [1.807, 2.05) is 0 Å². The van der Waals surface area contributed by atoms with Crippen LogP contribution in [0.2, 0.25) is 0 Å². The summed E-state index contributed by atoms with van der Waals surface area (Å²) in [6.07, 6.45) is 1.36. The molecule has 3 heterocycles. The van der Waals surface area contributed by atoms with Crippen LogP contribution in [-0.2, 0) is 21.4 Å². The van der Waals surface area contributed by atoms with E-state index in [4.69, 9.17) is 4.74 Å². The lowest BCUT2D eigenvalue weighted by atomic mass is 10.2. The first-order chi connectivity index (χ1) is 15.1. The number of nitrogens with one attached hydrogen (secondary N) is 2. The summed E-state index contributed by atoms with van der Waals surface area (Å²) in [5.41, 5.74) is -0.314. The first kappa shape index (κ1) is 21.4. The fourth-order valence-electron chi connectivity index (χ4n) is 3.27. The number of rotatable bonds is 5. The molecular formula is C19H15F2N5O5S. The minimum atomic E-state index is -4.44. The van der Waals surface area contributed by atoms with Crippen molar-refractivity contribution >= 4 is 38.0 Å². The Morgan fingerprint density at radius 3 is 2.56 bits per heavy atom. The maximum absolute atomic E-state index is 14.7. The molecule has 1 aromatic carbocycles. The number of amides is 1. The highest BCUT2D eigenvalue weighted by Gasteiger charge is 2.22. The van der Waals surface area contributed by atoms with Crippen LogP contribution in [0.15, 0.2) is 40.2 Å². The zero-order chi connectivity index (χ0) is 23.2. The molecule has 0 unspecified atom stereocenters. The van der Waals surface area contributed by atoms with Gasteiger partial charge in [0, 0.05) is 23.9 Å². The summed E-state index contributed by atoms with van der Waals surface area (Å²) >= 11 is 0. The highest BCUT2D eigenvalue weighted by atomic mass is 32.2. The molecule has 0 saturated carbocycles. The van der Waals surface area contributed by atoms with E-state index in [-0.39, 0.29) is 5.65 Å². The minimum Gasteiger partial charge on any atom is -0.481 e. The Morgan fingerprint density at radius 2 is 1.94 bits per heavy atom. The van der Waals surface area contributed by atoms with Crippen molar-refractivity contribution in [3.05, 3.63) is 58.1 Å². The molecule has 0 radical (unpaired) electrons. The van der Waals surface area contributed by atoms with Gasteiger partial charge in [0.25, 0.3) is 10.0 Å². The molecule has 13 heteroatoms. The quantitative estimate of drug-likeness (QED) is 0.457. The minimum absolute atomic E-state index is 0.252. The highest BCUT2D eigenvalue weighted by molar-refractivity contribution is 7.90. The normalized spacial score (nSPS) is 11.8. The van der Waals surface area contributed by atoms with Crippen molar-refractivity contribution in [1.82, 2.24) is 24.2 Å². The van der Waals surface area contributed by atoms with Gasteiger partial charge in [0.05, 0.1) is 35.8 Å². The molecule has 0 fully saturated rings. The second-order valence-electron chi connectivity index (χ2n) is 6.79. The van der Waals surface area contributed by atoms with Gasteiger partial charge >= 0.3 is 5.69 Å². The van der Waals surface area contributed by atoms with Gasteiger partial charge < -0.3 is 9.72 Å². The lowest BCUT2D eigenvalue weighted by Crippen LogP contribution is -2.28. The molecule has 0 spiro atoms. The van der Waals surface area contributed by atoms with E-state index in [0.717, 1.165) is 11.5 Å². The molecule has 4 aromatic rings. The van der Waals surface area contributed by atoms with Gasteiger partial charge in [0.1, 0.15) is 11.6 Å². The maximum Gasteiger partial charge on any atom is 0.326 e. The standard InChI is InChI=1S/C19H15F2N5O5S/c1-9(27)25-32(29,30)10-5-13(20)12(14(21)6-10)8-26-17-11-3-4-16(31-2)24-18(11)22-7-15(17)23-19(26)28/h3-7H,8H2,1-2H3,(H,23,28)(H,25,27). The maximum atomic E-state index is 14.7. The molecule has 0 saturated heterocycles. The Balaban J connectivity index is 1.85. The summed E-state index contributed by atoms with van der Waals surface area (Å²) in [4.78, 5) is 33.7. The molecule has 4 rings (SSSR count). The average Bonchev–Trinajstić information content (AvgIpc) is 3.04. The van der Waals surface area contributed by atoms with Crippen molar-refractivity contribution < 1.29 is 26.7 Å². The monoisotopic (exact) mass is 463 g/mol. The Labute approximate surface area is 178 Å². The van der Waals surface area contributed by atoms with E-state index in [1.165, 1.54) is 13.3 Å². The number of sulfonamides is 1. The summed E-state index contributed by atoms with van der Waals surface area (Å²) < 4.78 is 61.4. The van der Waals surface area contributed by atoms with Gasteiger partial charge in [-0.25, -0.2) is 31.7 Å². The van der Waals surface area contributed by atoms with Gasteiger partial charge in [-0.2, -0.15) is 4.98 Å². The number of H-pyrrole nitrogens is 1. The summed E-state index contributed by atoms with van der Waals surface area (Å²) in [6.45, 7) is 0.411. The first-order valence-corrected chi connectivity index (χ1v) is 10.5. The van der Waals surface area contributed by atoms with E-state index < -0.39 is 50.3 Å². The van der Waals surface area contributed by atoms with Crippen LogP contribution in [0.5, 0.6) is 5.88 Å². The van der Waals surface area contributed by atoms with Gasteiger partial charge in [-0.05, 0) is 18.2 Å². The smallest absolute Gasteiger partial charge is 0.326 e. The Bertz CT molecular complexity index is 1540. The number of aromatic amines is 1. The summed E-state index contributed by atoms with van der Waals surface area (Å²) in [5.74, 6) is -3.02. The molecule has 2 N–H and O–H groups in total. The third-order valence-corrected chi connectivity index (χ3v) is 6.07. The zero-order valence-electron chi connectivity index (χ0n) is 16.6. The van der Waals surface area contributed by atoms with Gasteiger partial charge in [-0.1, -0.05) is 0 Å². The number of aromatic nitrogens is 4. The Hall–Kier alpha value is -3.87. The third-order valence-electron chi connectivity index (χ3n) is 4.66. The van der Waals surface area contributed by atoms with Crippen molar-refractivity contribution in [3.8, 4) is 5.88 Å². The molecule has 0 aliphatic rings. The number of hydrogen-bond donors (Lipinski definition) is 2. The van der Waals surface area contributed by atoms with Crippen LogP contribution in [-0.4, -0.2) is 41.0 Å². The number of nitrogens with zero attached hydrogens (tertiary/aromatic N) is 3. The van der Waals surface area contributed by atoms with E-state index in [1.54, 1.807) is 16.9 Å². The second-order valence-corrected chi connectivity index (χ2v) is 8.47. The van der Waals surface area contributed by atoms with Crippen LogP contribution in [0.4, 0.5) is 8.78 Å². The fraction of sp³-hybridized carbons (Fsp3) is 0.158. The molecule has 32 heavy (non-hydrogen) atoms. The summed E-state index contributed by atoms with van der Waals surface area (Å²) in [6, 6.07) is 4.31.